The third-order valence-corrected chi connectivity index (χ3v) is 1.85. The average molecular weight is 170 g/mol. The molecule has 0 aliphatic carbocycles. The molecule has 70 valence electrons. The van der Waals surface area contributed by atoms with Crippen LogP contribution in [0.5, 0.6) is 0 Å². The third-order valence-electron chi connectivity index (χ3n) is 1.85. The summed E-state index contributed by atoms with van der Waals surface area (Å²) >= 11 is 0. The zero-order chi connectivity index (χ0) is 9.40. The molecule has 0 saturated carbocycles. The molecule has 1 N–H and O–H groups in total. The fourth-order valence-electron chi connectivity index (χ4n) is 0.975. The quantitative estimate of drug-likeness (QED) is 0.491. The van der Waals surface area contributed by atoms with E-state index in [9.17, 15) is 4.79 Å². The maximum Gasteiger partial charge on any atom is 0.310 e. The van der Waals surface area contributed by atoms with Crippen LogP contribution in [0.4, 0.5) is 0 Å². The molecular formula is C10H18O2. The predicted molar refractivity (Wildman–Crippen MR) is 50.1 cm³/mol. The van der Waals surface area contributed by atoms with Gasteiger partial charge in [-0.1, -0.05) is 38.8 Å². The van der Waals surface area contributed by atoms with Crippen molar-refractivity contribution >= 4 is 5.97 Å². The van der Waals surface area contributed by atoms with Gasteiger partial charge < -0.3 is 5.11 Å². The first-order chi connectivity index (χ1) is 5.72. The van der Waals surface area contributed by atoms with Crippen LogP contribution in [0.2, 0.25) is 0 Å². The van der Waals surface area contributed by atoms with Crippen molar-refractivity contribution < 1.29 is 9.90 Å². The number of aliphatic carboxylic acids is 1. The van der Waals surface area contributed by atoms with E-state index in [4.69, 9.17) is 5.11 Å². The van der Waals surface area contributed by atoms with Gasteiger partial charge in [-0.05, 0) is 12.8 Å². The fraction of sp³-hybridized carbons (Fsp3) is 0.700. The van der Waals surface area contributed by atoms with Crippen molar-refractivity contribution in [2.45, 2.75) is 39.5 Å². The molecule has 0 radical (unpaired) electrons. The standard InChI is InChI=1S/C10H18O2/c1-3-5-6-7-8-9(4-2)10(11)12/h7-9H,3-6H2,1-2H3,(H,11,12). The predicted octanol–water partition coefficient (Wildman–Crippen LogP) is 2.84. The van der Waals surface area contributed by atoms with Crippen molar-refractivity contribution in [2.24, 2.45) is 5.92 Å². The summed E-state index contributed by atoms with van der Waals surface area (Å²) in [6.07, 6.45) is 7.77. The highest BCUT2D eigenvalue weighted by atomic mass is 16.4. The normalized spacial score (nSPS) is 13.5. The van der Waals surface area contributed by atoms with Crippen molar-refractivity contribution in [2.75, 3.05) is 0 Å². The highest BCUT2D eigenvalue weighted by Gasteiger charge is 2.09. The summed E-state index contributed by atoms with van der Waals surface area (Å²) in [6, 6.07) is 0. The van der Waals surface area contributed by atoms with E-state index in [-0.39, 0.29) is 5.92 Å². The van der Waals surface area contributed by atoms with E-state index in [0.29, 0.717) is 6.42 Å². The first-order valence-electron chi connectivity index (χ1n) is 4.61. The topological polar surface area (TPSA) is 37.3 Å². The molecule has 0 spiro atoms. The lowest BCUT2D eigenvalue weighted by atomic mass is 10.1. The summed E-state index contributed by atoms with van der Waals surface area (Å²) in [5.74, 6) is -1.01. The lowest BCUT2D eigenvalue weighted by Crippen LogP contribution is -2.08. The Bertz CT molecular complexity index is 150. The van der Waals surface area contributed by atoms with E-state index in [1.807, 2.05) is 13.0 Å². The zero-order valence-corrected chi connectivity index (χ0v) is 7.92. The highest BCUT2D eigenvalue weighted by molar-refractivity contribution is 5.71. The number of allylic oxidation sites excluding steroid dienone is 1. The number of hydrogen-bond acceptors (Lipinski definition) is 1. The second-order valence-corrected chi connectivity index (χ2v) is 2.92. The molecule has 1 atom stereocenters. The third kappa shape index (κ3) is 4.94. The van der Waals surface area contributed by atoms with Gasteiger partial charge in [0.05, 0.1) is 5.92 Å². The van der Waals surface area contributed by atoms with E-state index in [2.05, 4.69) is 6.92 Å². The van der Waals surface area contributed by atoms with Crippen molar-refractivity contribution in [3.8, 4) is 0 Å². The molecule has 0 aromatic rings. The van der Waals surface area contributed by atoms with Gasteiger partial charge in [-0.3, -0.25) is 4.79 Å². The highest BCUT2D eigenvalue weighted by Crippen LogP contribution is 2.06. The second-order valence-electron chi connectivity index (χ2n) is 2.92. The van der Waals surface area contributed by atoms with Gasteiger partial charge in [-0.2, -0.15) is 0 Å². The molecule has 0 amide bonds. The Kier molecular flexibility index (Phi) is 6.44. The molecule has 0 aliphatic rings. The minimum Gasteiger partial charge on any atom is -0.481 e. The van der Waals surface area contributed by atoms with Gasteiger partial charge in [0.2, 0.25) is 0 Å². The SMILES string of the molecule is CCCCC=CC(CC)C(=O)O. The van der Waals surface area contributed by atoms with Crippen LogP contribution in [0.15, 0.2) is 12.2 Å². The first-order valence-corrected chi connectivity index (χ1v) is 4.61. The molecule has 0 saturated heterocycles. The number of carboxylic acid groups (broad SMARTS) is 1. The molecule has 0 fully saturated rings. The molecule has 12 heavy (non-hydrogen) atoms. The van der Waals surface area contributed by atoms with Crippen molar-refractivity contribution in [1.82, 2.24) is 0 Å². The number of hydrogen-bond donors (Lipinski definition) is 1. The summed E-state index contributed by atoms with van der Waals surface area (Å²) in [5.41, 5.74) is 0. The summed E-state index contributed by atoms with van der Waals surface area (Å²) in [4.78, 5) is 10.5. The first kappa shape index (κ1) is 11.2. The van der Waals surface area contributed by atoms with Crippen LogP contribution in [-0.2, 0) is 4.79 Å². The monoisotopic (exact) mass is 170 g/mol. The molecule has 2 nitrogen and oxygen atoms in total. The van der Waals surface area contributed by atoms with Crippen LogP contribution < -0.4 is 0 Å². The second kappa shape index (κ2) is 6.89. The Morgan fingerprint density at radius 1 is 1.50 bits per heavy atom. The van der Waals surface area contributed by atoms with Crippen LogP contribution >= 0.6 is 0 Å². The Labute approximate surface area is 74.3 Å². The maximum absolute atomic E-state index is 10.5. The van der Waals surface area contributed by atoms with Crippen LogP contribution in [0, 0.1) is 5.92 Å². The maximum atomic E-state index is 10.5. The molecule has 0 bridgehead atoms. The smallest absolute Gasteiger partial charge is 0.310 e. The lowest BCUT2D eigenvalue weighted by Gasteiger charge is -2.01. The van der Waals surface area contributed by atoms with Crippen LogP contribution in [0.25, 0.3) is 0 Å². The summed E-state index contributed by atoms with van der Waals surface area (Å²) in [6.45, 7) is 4.02. The molecule has 0 aliphatic heterocycles. The number of unbranched alkanes of at least 4 members (excludes halogenated alkanes) is 2. The van der Waals surface area contributed by atoms with Crippen molar-refractivity contribution in [3.63, 3.8) is 0 Å². The summed E-state index contributed by atoms with van der Waals surface area (Å²) < 4.78 is 0. The van der Waals surface area contributed by atoms with Gasteiger partial charge >= 0.3 is 5.97 Å². The van der Waals surface area contributed by atoms with Gasteiger partial charge in [-0.15, -0.1) is 0 Å². The molecule has 2 heteroatoms. The lowest BCUT2D eigenvalue weighted by molar-refractivity contribution is -0.140. The molecule has 0 heterocycles. The number of carbonyl (C=O) groups is 1. The van der Waals surface area contributed by atoms with Gasteiger partial charge in [0.25, 0.3) is 0 Å². The molecular weight excluding hydrogens is 152 g/mol. The van der Waals surface area contributed by atoms with Gasteiger partial charge in [-0.25, -0.2) is 0 Å². The summed E-state index contributed by atoms with van der Waals surface area (Å²) in [5, 5.41) is 8.68. The number of carboxylic acids is 1. The largest absolute Gasteiger partial charge is 0.481 e. The van der Waals surface area contributed by atoms with E-state index < -0.39 is 5.97 Å². The van der Waals surface area contributed by atoms with Gasteiger partial charge in [0.1, 0.15) is 0 Å². The number of rotatable bonds is 6. The Morgan fingerprint density at radius 3 is 2.58 bits per heavy atom. The van der Waals surface area contributed by atoms with Crippen LogP contribution in [0.3, 0.4) is 0 Å². The summed E-state index contributed by atoms with van der Waals surface area (Å²) in [7, 11) is 0. The van der Waals surface area contributed by atoms with Gasteiger partial charge in [0, 0.05) is 0 Å². The average Bonchev–Trinajstić information content (AvgIpc) is 2.04. The molecule has 0 rings (SSSR count). The van der Waals surface area contributed by atoms with E-state index >= 15 is 0 Å². The van der Waals surface area contributed by atoms with Crippen molar-refractivity contribution in [1.29, 1.82) is 0 Å². The Morgan fingerprint density at radius 2 is 2.17 bits per heavy atom. The minimum atomic E-state index is -0.717. The van der Waals surface area contributed by atoms with E-state index in [1.165, 1.54) is 0 Å². The minimum absolute atomic E-state index is 0.290. The van der Waals surface area contributed by atoms with E-state index in [1.54, 1.807) is 6.08 Å². The van der Waals surface area contributed by atoms with Crippen molar-refractivity contribution in [3.05, 3.63) is 12.2 Å². The fourth-order valence-corrected chi connectivity index (χ4v) is 0.975. The Hall–Kier alpha value is -0.790. The van der Waals surface area contributed by atoms with Gasteiger partial charge in [0.15, 0.2) is 0 Å². The van der Waals surface area contributed by atoms with E-state index in [0.717, 1.165) is 19.3 Å². The van der Waals surface area contributed by atoms with Crippen LogP contribution in [0.1, 0.15) is 39.5 Å². The molecule has 0 aromatic carbocycles. The van der Waals surface area contributed by atoms with Crippen LogP contribution in [-0.4, -0.2) is 11.1 Å². The zero-order valence-electron chi connectivity index (χ0n) is 7.92. The molecule has 0 aromatic heterocycles. The molecule has 1 unspecified atom stereocenters. The Balaban J connectivity index is 3.69.